The molecule has 0 aromatic heterocycles. The third-order valence-corrected chi connectivity index (χ3v) is 4.45. The molecule has 0 spiro atoms. The Labute approximate surface area is 119 Å². The Hall–Kier alpha value is -1.86. The van der Waals surface area contributed by atoms with Crippen LogP contribution < -0.4 is 5.32 Å². The van der Waals surface area contributed by atoms with E-state index in [1.165, 1.54) is 53.9 Å². The van der Waals surface area contributed by atoms with Crippen molar-refractivity contribution in [3.63, 3.8) is 0 Å². The Morgan fingerprint density at radius 2 is 1.45 bits per heavy atom. The fraction of sp³-hybridized carbons (Fsp3) is 0.263. The molecule has 1 aliphatic heterocycles. The number of aryl methyl sites for hydroxylation is 2. The second kappa shape index (κ2) is 4.92. The van der Waals surface area contributed by atoms with Crippen LogP contribution in [-0.4, -0.2) is 13.1 Å². The zero-order valence-corrected chi connectivity index (χ0v) is 11.7. The molecular formula is C19H19N. The minimum atomic E-state index is 1.25. The number of benzene rings is 3. The summed E-state index contributed by atoms with van der Waals surface area (Å²) in [5, 5.41) is 8.66. The van der Waals surface area contributed by atoms with Crippen molar-refractivity contribution >= 4 is 21.5 Å². The van der Waals surface area contributed by atoms with Gasteiger partial charge in [0.25, 0.3) is 0 Å². The first-order chi connectivity index (χ1) is 9.92. The molecule has 0 atom stereocenters. The van der Waals surface area contributed by atoms with Crippen molar-refractivity contribution in [2.24, 2.45) is 0 Å². The van der Waals surface area contributed by atoms with Crippen LogP contribution in [0, 0.1) is 0 Å². The van der Waals surface area contributed by atoms with Crippen molar-refractivity contribution in [2.45, 2.75) is 19.3 Å². The van der Waals surface area contributed by atoms with E-state index in [9.17, 15) is 0 Å². The summed E-state index contributed by atoms with van der Waals surface area (Å²) in [5.41, 5.74) is 3.12. The van der Waals surface area contributed by atoms with Crippen LogP contribution in [0.25, 0.3) is 21.5 Å². The topological polar surface area (TPSA) is 12.0 Å². The molecule has 1 heterocycles. The molecule has 1 saturated heterocycles. The van der Waals surface area contributed by atoms with Crippen LogP contribution in [0.2, 0.25) is 0 Å². The van der Waals surface area contributed by atoms with Crippen LogP contribution in [0.15, 0.2) is 48.5 Å². The van der Waals surface area contributed by atoms with E-state index in [1.54, 1.807) is 11.1 Å². The molecule has 3 aromatic carbocycles. The minimum absolute atomic E-state index is 1.25. The molecule has 1 aliphatic carbocycles. The van der Waals surface area contributed by atoms with Gasteiger partial charge in [-0.15, -0.1) is 0 Å². The Morgan fingerprint density at radius 3 is 2.05 bits per heavy atom. The van der Waals surface area contributed by atoms with Gasteiger partial charge in [0.1, 0.15) is 0 Å². The molecule has 1 heteroatoms. The van der Waals surface area contributed by atoms with Crippen LogP contribution in [-0.2, 0) is 12.8 Å². The average Bonchev–Trinajstić information content (AvgIpc) is 2.35. The number of rotatable bonds is 0. The normalized spacial score (nSPS) is 15.8. The third kappa shape index (κ3) is 1.99. The average molecular weight is 261 g/mol. The zero-order chi connectivity index (χ0) is 13.4. The quantitative estimate of drug-likeness (QED) is 0.601. The van der Waals surface area contributed by atoms with Gasteiger partial charge in [0.05, 0.1) is 0 Å². The lowest BCUT2D eigenvalue weighted by molar-refractivity contribution is 0.527. The van der Waals surface area contributed by atoms with Crippen LogP contribution in [0.1, 0.15) is 17.5 Å². The maximum Gasteiger partial charge on any atom is -0.00368 e. The molecule has 0 saturated carbocycles. The lowest BCUT2D eigenvalue weighted by Crippen LogP contribution is -2.29. The van der Waals surface area contributed by atoms with Gasteiger partial charge < -0.3 is 5.32 Å². The molecule has 1 fully saturated rings. The van der Waals surface area contributed by atoms with Crippen molar-refractivity contribution in [3.05, 3.63) is 59.7 Å². The van der Waals surface area contributed by atoms with Gasteiger partial charge in [0.2, 0.25) is 0 Å². The molecule has 2 aliphatic rings. The van der Waals surface area contributed by atoms with E-state index in [4.69, 9.17) is 0 Å². The first-order valence-electron chi connectivity index (χ1n) is 7.56. The fourth-order valence-corrected chi connectivity index (χ4v) is 2.91. The molecular weight excluding hydrogens is 242 g/mol. The van der Waals surface area contributed by atoms with Crippen molar-refractivity contribution in [1.29, 1.82) is 0 Å². The summed E-state index contributed by atoms with van der Waals surface area (Å²) in [6.45, 7) is 2.50. The second-order valence-corrected chi connectivity index (χ2v) is 5.73. The van der Waals surface area contributed by atoms with Crippen LogP contribution >= 0.6 is 0 Å². The first kappa shape index (κ1) is 11.9. The summed E-state index contributed by atoms with van der Waals surface area (Å²) in [7, 11) is 0. The standard InChI is InChI=1S/C16H12.C3H7N/c1-2-4-13-10-16-14(9-12(13)3-1)6-5-11-7-8-15(11)16;1-2-4-3-1/h1-6,9-10H,7-8H2;4H,1-3H2. The highest BCUT2D eigenvalue weighted by molar-refractivity contribution is 6.00. The molecule has 20 heavy (non-hydrogen) atoms. The van der Waals surface area contributed by atoms with E-state index in [-0.39, 0.29) is 0 Å². The van der Waals surface area contributed by atoms with Gasteiger partial charge in [-0.3, -0.25) is 0 Å². The molecule has 0 unspecified atom stereocenters. The Morgan fingerprint density at radius 1 is 0.750 bits per heavy atom. The van der Waals surface area contributed by atoms with Crippen molar-refractivity contribution in [3.8, 4) is 0 Å². The molecule has 100 valence electrons. The van der Waals surface area contributed by atoms with Gasteiger partial charge >= 0.3 is 0 Å². The van der Waals surface area contributed by atoms with Crippen LogP contribution in [0.4, 0.5) is 0 Å². The lowest BCUT2D eigenvalue weighted by atomic mass is 9.84. The van der Waals surface area contributed by atoms with E-state index in [0.29, 0.717) is 0 Å². The number of hydrogen-bond acceptors (Lipinski definition) is 1. The van der Waals surface area contributed by atoms with Gasteiger partial charge in [-0.1, -0.05) is 36.4 Å². The first-order valence-corrected chi connectivity index (χ1v) is 7.56. The van der Waals surface area contributed by atoms with E-state index in [0.717, 1.165) is 0 Å². The maximum atomic E-state index is 3.11. The Kier molecular flexibility index (Phi) is 2.93. The lowest BCUT2D eigenvalue weighted by Gasteiger charge is -2.21. The number of hydrogen-bond donors (Lipinski definition) is 1. The largest absolute Gasteiger partial charge is 0.317 e. The Balaban J connectivity index is 0.000000230. The van der Waals surface area contributed by atoms with Crippen molar-refractivity contribution < 1.29 is 0 Å². The number of nitrogens with one attached hydrogen (secondary N) is 1. The summed E-state index contributed by atoms with van der Waals surface area (Å²) in [5.74, 6) is 0. The molecule has 0 radical (unpaired) electrons. The maximum absolute atomic E-state index is 3.11. The summed E-state index contributed by atoms with van der Waals surface area (Å²) in [4.78, 5) is 0. The predicted molar refractivity (Wildman–Crippen MR) is 86.3 cm³/mol. The molecule has 0 bridgehead atoms. The van der Waals surface area contributed by atoms with E-state index in [2.05, 4.69) is 53.8 Å². The second-order valence-electron chi connectivity index (χ2n) is 5.73. The predicted octanol–water partition coefficient (Wildman–Crippen LogP) is 4.07. The number of fused-ring (bicyclic) bond motifs is 4. The fourth-order valence-electron chi connectivity index (χ4n) is 2.91. The van der Waals surface area contributed by atoms with Gasteiger partial charge in [-0.05, 0) is 77.2 Å². The smallest absolute Gasteiger partial charge is 0.00368 e. The summed E-state index contributed by atoms with van der Waals surface area (Å²) in [6, 6.07) is 17.8. The highest BCUT2D eigenvalue weighted by Crippen LogP contribution is 2.33. The van der Waals surface area contributed by atoms with Gasteiger partial charge in [-0.2, -0.15) is 0 Å². The van der Waals surface area contributed by atoms with Gasteiger partial charge in [-0.25, -0.2) is 0 Å². The summed E-state index contributed by atoms with van der Waals surface area (Å²) < 4.78 is 0. The SMILES string of the molecule is C1CNC1.c1ccc2cc3c4c(ccc3cc2c1)CC4. The van der Waals surface area contributed by atoms with Crippen LogP contribution in [0.5, 0.6) is 0 Å². The monoisotopic (exact) mass is 261 g/mol. The summed E-state index contributed by atoms with van der Waals surface area (Å²) >= 11 is 0. The summed E-state index contributed by atoms with van der Waals surface area (Å²) in [6.07, 6.45) is 3.91. The highest BCUT2D eigenvalue weighted by Gasteiger charge is 2.15. The highest BCUT2D eigenvalue weighted by atomic mass is 14.9. The molecule has 5 rings (SSSR count). The van der Waals surface area contributed by atoms with Crippen molar-refractivity contribution in [1.82, 2.24) is 5.32 Å². The van der Waals surface area contributed by atoms with E-state index in [1.807, 2.05) is 0 Å². The molecule has 1 N–H and O–H groups in total. The molecule has 3 aromatic rings. The van der Waals surface area contributed by atoms with E-state index >= 15 is 0 Å². The molecule has 0 amide bonds. The van der Waals surface area contributed by atoms with Crippen molar-refractivity contribution in [2.75, 3.05) is 13.1 Å². The Bertz CT molecular complexity index is 765. The third-order valence-electron chi connectivity index (χ3n) is 4.45. The zero-order valence-electron chi connectivity index (χ0n) is 11.7. The van der Waals surface area contributed by atoms with E-state index < -0.39 is 0 Å². The van der Waals surface area contributed by atoms with Crippen LogP contribution in [0.3, 0.4) is 0 Å². The van der Waals surface area contributed by atoms with Gasteiger partial charge in [0, 0.05) is 0 Å². The molecule has 1 nitrogen and oxygen atoms in total. The van der Waals surface area contributed by atoms with Gasteiger partial charge in [0.15, 0.2) is 0 Å². The minimum Gasteiger partial charge on any atom is -0.317 e.